The highest BCUT2D eigenvalue weighted by molar-refractivity contribution is 5.24. The largest absolute Gasteiger partial charge is 0.361 e. The van der Waals surface area contributed by atoms with Crippen LogP contribution < -0.4 is 0 Å². The van der Waals surface area contributed by atoms with E-state index in [1.807, 2.05) is 13.8 Å². The number of aromatic nitrogens is 1. The molecule has 0 fully saturated rings. The molecule has 1 unspecified atom stereocenters. The van der Waals surface area contributed by atoms with Gasteiger partial charge in [-0.3, -0.25) is 0 Å². The predicted molar refractivity (Wildman–Crippen MR) is 44.7 cm³/mol. The van der Waals surface area contributed by atoms with Gasteiger partial charge in [-0.2, -0.15) is 0 Å². The number of aryl methyl sites for hydroxylation is 2. The van der Waals surface area contributed by atoms with Crippen LogP contribution in [-0.2, 0) is 0 Å². The predicted octanol–water partition coefficient (Wildman–Crippen LogP) is 2.80. The summed E-state index contributed by atoms with van der Waals surface area (Å²) in [6.07, 6.45) is 1.14. The molecule has 0 spiro atoms. The average molecular weight is 153 g/mol. The molecule has 0 amide bonds. The second-order valence-electron chi connectivity index (χ2n) is 3.05. The summed E-state index contributed by atoms with van der Waals surface area (Å²) in [6.45, 7) is 8.35. The van der Waals surface area contributed by atoms with Gasteiger partial charge in [0.2, 0.25) is 0 Å². The van der Waals surface area contributed by atoms with Crippen molar-refractivity contribution in [3.8, 4) is 0 Å². The topological polar surface area (TPSA) is 26.0 Å². The van der Waals surface area contributed by atoms with E-state index < -0.39 is 0 Å². The number of rotatable bonds is 2. The molecule has 1 heterocycles. The second kappa shape index (κ2) is 3.07. The molecular formula is C9H15NO. The van der Waals surface area contributed by atoms with Crippen molar-refractivity contribution in [1.82, 2.24) is 5.16 Å². The van der Waals surface area contributed by atoms with Crippen LogP contribution in [0.5, 0.6) is 0 Å². The molecule has 0 saturated carbocycles. The maximum absolute atomic E-state index is 5.07. The maximum atomic E-state index is 5.07. The van der Waals surface area contributed by atoms with Gasteiger partial charge in [-0.25, -0.2) is 0 Å². The molecule has 1 aromatic heterocycles. The number of nitrogens with zero attached hydrogens (tertiary/aromatic N) is 1. The van der Waals surface area contributed by atoms with Gasteiger partial charge in [0.25, 0.3) is 0 Å². The lowest BCUT2D eigenvalue weighted by atomic mass is 9.97. The summed E-state index contributed by atoms with van der Waals surface area (Å²) in [4.78, 5) is 0. The lowest BCUT2D eigenvalue weighted by molar-refractivity contribution is 0.391. The van der Waals surface area contributed by atoms with E-state index in [2.05, 4.69) is 19.0 Å². The van der Waals surface area contributed by atoms with Gasteiger partial charge in [0.1, 0.15) is 5.76 Å². The minimum atomic E-state index is 0.571. The van der Waals surface area contributed by atoms with Gasteiger partial charge in [0.15, 0.2) is 0 Å². The van der Waals surface area contributed by atoms with E-state index in [1.165, 1.54) is 5.56 Å². The Morgan fingerprint density at radius 1 is 1.45 bits per heavy atom. The van der Waals surface area contributed by atoms with Crippen LogP contribution in [0.1, 0.15) is 43.2 Å². The van der Waals surface area contributed by atoms with Crippen LogP contribution in [0, 0.1) is 13.8 Å². The van der Waals surface area contributed by atoms with Crippen LogP contribution in [0.15, 0.2) is 4.52 Å². The van der Waals surface area contributed by atoms with Gasteiger partial charge in [-0.1, -0.05) is 19.0 Å². The Labute approximate surface area is 67.6 Å². The second-order valence-corrected chi connectivity index (χ2v) is 3.05. The first kappa shape index (κ1) is 8.31. The zero-order valence-corrected chi connectivity index (χ0v) is 7.64. The van der Waals surface area contributed by atoms with E-state index in [4.69, 9.17) is 4.52 Å². The minimum absolute atomic E-state index is 0.571. The van der Waals surface area contributed by atoms with Crippen LogP contribution in [0.3, 0.4) is 0 Å². The molecule has 2 nitrogen and oxygen atoms in total. The smallest absolute Gasteiger partial charge is 0.137 e. The Morgan fingerprint density at radius 2 is 2.09 bits per heavy atom. The molecule has 2 heteroatoms. The van der Waals surface area contributed by atoms with Crippen LogP contribution in [0.2, 0.25) is 0 Å². The van der Waals surface area contributed by atoms with Crippen molar-refractivity contribution in [3.63, 3.8) is 0 Å². The van der Waals surface area contributed by atoms with E-state index in [0.29, 0.717) is 5.92 Å². The van der Waals surface area contributed by atoms with Crippen LogP contribution in [0.25, 0.3) is 0 Å². The zero-order valence-electron chi connectivity index (χ0n) is 7.64. The lowest BCUT2D eigenvalue weighted by Crippen LogP contribution is -1.93. The third-order valence-corrected chi connectivity index (χ3v) is 2.19. The first-order valence-corrected chi connectivity index (χ1v) is 4.09. The molecule has 0 saturated heterocycles. The van der Waals surface area contributed by atoms with Gasteiger partial charge in [-0.05, 0) is 26.2 Å². The van der Waals surface area contributed by atoms with Crippen molar-refractivity contribution in [1.29, 1.82) is 0 Å². The summed E-state index contributed by atoms with van der Waals surface area (Å²) in [5.41, 5.74) is 2.32. The molecule has 0 bridgehead atoms. The molecule has 0 aromatic carbocycles. The molecule has 0 aliphatic heterocycles. The van der Waals surface area contributed by atoms with Crippen molar-refractivity contribution >= 4 is 0 Å². The van der Waals surface area contributed by atoms with E-state index >= 15 is 0 Å². The molecule has 0 N–H and O–H groups in total. The van der Waals surface area contributed by atoms with Gasteiger partial charge in [0.05, 0.1) is 5.69 Å². The number of hydrogen-bond acceptors (Lipinski definition) is 2. The molecule has 0 aliphatic rings. The van der Waals surface area contributed by atoms with Crippen LogP contribution in [-0.4, -0.2) is 5.16 Å². The van der Waals surface area contributed by atoms with Crippen molar-refractivity contribution in [2.75, 3.05) is 0 Å². The fourth-order valence-corrected chi connectivity index (χ4v) is 1.40. The molecule has 62 valence electrons. The Kier molecular flexibility index (Phi) is 2.32. The summed E-state index contributed by atoms with van der Waals surface area (Å²) >= 11 is 0. The van der Waals surface area contributed by atoms with E-state index in [9.17, 15) is 0 Å². The van der Waals surface area contributed by atoms with Crippen LogP contribution in [0.4, 0.5) is 0 Å². The molecule has 1 rings (SSSR count). The Balaban J connectivity index is 3.00. The SMILES string of the molecule is CCC(C)c1c(C)noc1C. The summed E-state index contributed by atoms with van der Waals surface area (Å²) in [6, 6.07) is 0. The summed E-state index contributed by atoms with van der Waals surface area (Å²) in [7, 11) is 0. The molecule has 0 aliphatic carbocycles. The van der Waals surface area contributed by atoms with E-state index in [-0.39, 0.29) is 0 Å². The highest BCUT2D eigenvalue weighted by atomic mass is 16.5. The van der Waals surface area contributed by atoms with Gasteiger partial charge in [0, 0.05) is 5.56 Å². The zero-order chi connectivity index (χ0) is 8.43. The Morgan fingerprint density at radius 3 is 2.45 bits per heavy atom. The van der Waals surface area contributed by atoms with Gasteiger partial charge in [-0.15, -0.1) is 0 Å². The third kappa shape index (κ3) is 1.44. The standard InChI is InChI=1S/C9H15NO/c1-5-6(2)9-7(3)10-11-8(9)4/h6H,5H2,1-4H3. The molecule has 1 atom stereocenters. The van der Waals surface area contributed by atoms with E-state index in [1.54, 1.807) is 0 Å². The minimum Gasteiger partial charge on any atom is -0.361 e. The Bertz CT molecular complexity index is 220. The fraction of sp³-hybridized carbons (Fsp3) is 0.667. The average Bonchev–Trinajstić information content (AvgIpc) is 2.30. The van der Waals surface area contributed by atoms with Gasteiger partial charge >= 0.3 is 0 Å². The van der Waals surface area contributed by atoms with E-state index in [0.717, 1.165) is 17.9 Å². The van der Waals surface area contributed by atoms with Crippen molar-refractivity contribution < 1.29 is 4.52 Å². The summed E-state index contributed by atoms with van der Waals surface area (Å²) in [5, 5.41) is 3.91. The van der Waals surface area contributed by atoms with Crippen molar-refractivity contribution in [3.05, 3.63) is 17.0 Å². The third-order valence-electron chi connectivity index (χ3n) is 2.19. The molecule has 0 radical (unpaired) electrons. The molecule has 11 heavy (non-hydrogen) atoms. The highest BCUT2D eigenvalue weighted by Gasteiger charge is 2.13. The quantitative estimate of drug-likeness (QED) is 0.653. The summed E-state index contributed by atoms with van der Waals surface area (Å²) in [5.74, 6) is 1.54. The molecule has 1 aromatic rings. The maximum Gasteiger partial charge on any atom is 0.137 e. The van der Waals surface area contributed by atoms with Crippen molar-refractivity contribution in [2.24, 2.45) is 0 Å². The molecular weight excluding hydrogens is 138 g/mol. The Hall–Kier alpha value is -0.790. The lowest BCUT2D eigenvalue weighted by Gasteiger charge is -2.05. The van der Waals surface area contributed by atoms with Crippen LogP contribution >= 0.6 is 0 Å². The number of hydrogen-bond donors (Lipinski definition) is 0. The fourth-order valence-electron chi connectivity index (χ4n) is 1.40. The highest BCUT2D eigenvalue weighted by Crippen LogP contribution is 2.24. The normalized spacial score (nSPS) is 13.5. The monoisotopic (exact) mass is 153 g/mol. The first-order chi connectivity index (χ1) is 5.16. The van der Waals surface area contributed by atoms with Gasteiger partial charge < -0.3 is 4.52 Å². The van der Waals surface area contributed by atoms with Crippen molar-refractivity contribution in [2.45, 2.75) is 40.0 Å². The summed E-state index contributed by atoms with van der Waals surface area (Å²) < 4.78 is 5.07. The first-order valence-electron chi connectivity index (χ1n) is 4.09.